The summed E-state index contributed by atoms with van der Waals surface area (Å²) >= 11 is 0. The average molecular weight is 564 g/mol. The van der Waals surface area contributed by atoms with Crippen LogP contribution in [0.5, 0.6) is 0 Å². The van der Waals surface area contributed by atoms with Crippen molar-refractivity contribution < 1.29 is 9.59 Å². The van der Waals surface area contributed by atoms with Gasteiger partial charge < -0.3 is 19.9 Å². The van der Waals surface area contributed by atoms with Gasteiger partial charge in [0.25, 0.3) is 0 Å². The summed E-state index contributed by atoms with van der Waals surface area (Å²) in [6, 6.07) is 5.62. The third-order valence-corrected chi connectivity index (χ3v) is 9.00. The Hall–Kier alpha value is -4.41. The molecule has 1 saturated heterocycles. The molecule has 1 aliphatic heterocycles. The van der Waals surface area contributed by atoms with Crippen molar-refractivity contribution in [3.05, 3.63) is 65.4 Å². The van der Waals surface area contributed by atoms with E-state index in [1.165, 1.54) is 18.4 Å². The molecular formula is C31H33N9O2. The molecule has 0 radical (unpaired) electrons. The molecule has 4 aromatic rings. The highest BCUT2D eigenvalue weighted by molar-refractivity contribution is 6.02. The number of rotatable bonds is 8. The molecular weight excluding hydrogens is 530 g/mol. The summed E-state index contributed by atoms with van der Waals surface area (Å²) in [4.78, 5) is 50.8. The van der Waals surface area contributed by atoms with E-state index in [0.717, 1.165) is 47.9 Å². The summed E-state index contributed by atoms with van der Waals surface area (Å²) in [6.07, 6.45) is 10.1. The zero-order valence-corrected chi connectivity index (χ0v) is 23.9. The lowest BCUT2D eigenvalue weighted by molar-refractivity contribution is -0.119. The van der Waals surface area contributed by atoms with Crippen LogP contribution in [-0.4, -0.2) is 47.7 Å². The Morgan fingerprint density at radius 3 is 2.62 bits per heavy atom. The zero-order valence-electron chi connectivity index (χ0n) is 23.9. The first-order chi connectivity index (χ1) is 20.3. The predicted molar refractivity (Wildman–Crippen MR) is 156 cm³/mol. The van der Waals surface area contributed by atoms with Crippen LogP contribution in [0.4, 0.5) is 17.3 Å². The Morgan fingerprint density at radius 1 is 1.02 bits per heavy atom. The Kier molecular flexibility index (Phi) is 5.61. The van der Waals surface area contributed by atoms with Gasteiger partial charge in [0.2, 0.25) is 11.8 Å². The molecule has 0 aromatic carbocycles. The van der Waals surface area contributed by atoms with Crippen LogP contribution in [0.1, 0.15) is 79.1 Å². The highest BCUT2D eigenvalue weighted by Gasteiger charge is 2.53. The summed E-state index contributed by atoms with van der Waals surface area (Å²) in [5, 5.41) is 6.41. The number of amides is 2. The van der Waals surface area contributed by atoms with Crippen molar-refractivity contribution in [2.24, 2.45) is 17.8 Å². The van der Waals surface area contributed by atoms with Crippen molar-refractivity contribution in [1.29, 1.82) is 0 Å². The van der Waals surface area contributed by atoms with Crippen LogP contribution in [0.25, 0.3) is 5.65 Å². The Bertz CT molecular complexity index is 1760. The van der Waals surface area contributed by atoms with Gasteiger partial charge in [-0.15, -0.1) is 0 Å². The summed E-state index contributed by atoms with van der Waals surface area (Å²) in [7, 11) is 0. The summed E-state index contributed by atoms with van der Waals surface area (Å²) in [6.45, 7) is 6.55. The number of aromatic nitrogens is 6. The third kappa shape index (κ3) is 4.56. The van der Waals surface area contributed by atoms with Gasteiger partial charge in [-0.05, 0) is 76.0 Å². The van der Waals surface area contributed by atoms with E-state index in [4.69, 9.17) is 4.98 Å². The van der Waals surface area contributed by atoms with Gasteiger partial charge in [0, 0.05) is 54.6 Å². The molecule has 3 saturated carbocycles. The maximum absolute atomic E-state index is 13.0. The Balaban J connectivity index is 1.01. The van der Waals surface area contributed by atoms with Gasteiger partial charge in [-0.3, -0.25) is 9.59 Å². The average Bonchev–Trinajstić information content (AvgIpc) is 3.86. The number of pyridine rings is 1. The first-order valence-electron chi connectivity index (χ1n) is 14.9. The smallest absolute Gasteiger partial charge is 0.230 e. The third-order valence-electron chi connectivity index (χ3n) is 9.00. The molecule has 5 heterocycles. The molecule has 4 aromatic heterocycles. The van der Waals surface area contributed by atoms with Crippen LogP contribution in [0.2, 0.25) is 0 Å². The number of hydrogen-bond acceptors (Lipinski definition) is 8. The summed E-state index contributed by atoms with van der Waals surface area (Å²) in [5.74, 6) is 3.60. The fraction of sp³-hybridized carbons (Fsp3) is 0.452. The van der Waals surface area contributed by atoms with E-state index in [2.05, 4.69) is 47.2 Å². The highest BCUT2D eigenvalue weighted by Crippen LogP contribution is 2.49. The summed E-state index contributed by atoms with van der Waals surface area (Å²) in [5.41, 5.74) is 4.75. The number of nitrogens with zero attached hydrogens (tertiary/aromatic N) is 7. The second-order valence-electron chi connectivity index (χ2n) is 12.4. The highest BCUT2D eigenvalue weighted by atomic mass is 16.2. The molecule has 2 N–H and O–H groups in total. The van der Waals surface area contributed by atoms with Crippen LogP contribution in [0, 0.1) is 31.6 Å². The minimum atomic E-state index is -0.172. The first-order valence-corrected chi connectivity index (χ1v) is 14.9. The molecule has 2 unspecified atom stereocenters. The van der Waals surface area contributed by atoms with Crippen molar-refractivity contribution in [2.45, 2.75) is 64.3 Å². The van der Waals surface area contributed by atoms with Crippen LogP contribution >= 0.6 is 0 Å². The van der Waals surface area contributed by atoms with Crippen LogP contribution < -0.4 is 15.5 Å². The fourth-order valence-corrected chi connectivity index (χ4v) is 6.30. The molecule has 11 heteroatoms. The predicted octanol–water partition coefficient (Wildman–Crippen LogP) is 4.31. The normalized spacial score (nSPS) is 24.9. The number of aryl methyl sites for hydroxylation is 2. The Morgan fingerprint density at radius 2 is 1.86 bits per heavy atom. The molecule has 0 bridgehead atoms. The van der Waals surface area contributed by atoms with E-state index in [1.54, 1.807) is 19.2 Å². The number of fused-ring (bicyclic) bond motifs is 2. The number of carbonyl (C=O) groups is 2. The lowest BCUT2D eigenvalue weighted by atomic mass is 10.1. The minimum absolute atomic E-state index is 0.0347. The van der Waals surface area contributed by atoms with Gasteiger partial charge in [-0.25, -0.2) is 24.9 Å². The van der Waals surface area contributed by atoms with Gasteiger partial charge in [-0.2, -0.15) is 0 Å². The van der Waals surface area contributed by atoms with E-state index in [9.17, 15) is 9.59 Å². The molecule has 3 aliphatic carbocycles. The van der Waals surface area contributed by atoms with Crippen molar-refractivity contribution in [3.8, 4) is 0 Å². The van der Waals surface area contributed by atoms with Gasteiger partial charge in [-0.1, -0.05) is 0 Å². The number of carbonyl (C=O) groups excluding carboxylic acids is 2. The fourth-order valence-electron chi connectivity index (χ4n) is 6.30. The van der Waals surface area contributed by atoms with Gasteiger partial charge in [0.1, 0.15) is 23.3 Å². The molecule has 11 nitrogen and oxygen atoms in total. The number of hydrogen-bond donors (Lipinski definition) is 2. The van der Waals surface area contributed by atoms with Crippen molar-refractivity contribution in [1.82, 2.24) is 29.3 Å². The van der Waals surface area contributed by atoms with E-state index in [0.29, 0.717) is 29.3 Å². The van der Waals surface area contributed by atoms with Gasteiger partial charge >= 0.3 is 0 Å². The van der Waals surface area contributed by atoms with E-state index >= 15 is 0 Å². The van der Waals surface area contributed by atoms with Gasteiger partial charge in [0.15, 0.2) is 5.65 Å². The maximum Gasteiger partial charge on any atom is 0.230 e. The molecule has 8 rings (SSSR count). The van der Waals surface area contributed by atoms with Gasteiger partial charge in [0.05, 0.1) is 17.4 Å². The molecule has 4 aliphatic rings. The number of imidazole rings is 1. The lowest BCUT2D eigenvalue weighted by Gasteiger charge is -2.20. The SMILES string of the molecule is Cc1ccnc([C@H]2C[C@@H]2C(=O)Nc2cc(N[C@H](C)c3cn4cc(C5CC5)cc(N5CC6CC6C5=O)c4n3)nc(C)n2)n1. The molecule has 214 valence electrons. The topological polar surface area (TPSA) is 130 Å². The second kappa shape index (κ2) is 9.30. The Labute approximate surface area is 243 Å². The standard InChI is InChI=1S/C31H33N9O2/c1-15-6-7-32-28(33-15)22-10-23(22)30(41)38-27-11-26(35-17(3)36-27)34-16(2)24-14-39-12-19(18-4-5-18)9-25(29(39)37-24)40-13-20-8-21(20)31(40)42/h6-7,9,11-12,14,16,18,20-23H,4-5,8,10,13H2,1-3H3,(H2,34,35,36,38,41)/t16-,20?,21?,22+,23+/m1/s1. The molecule has 5 atom stereocenters. The molecule has 2 amide bonds. The van der Waals surface area contributed by atoms with E-state index in [-0.39, 0.29) is 35.6 Å². The van der Waals surface area contributed by atoms with Crippen molar-refractivity contribution >= 4 is 34.8 Å². The summed E-state index contributed by atoms with van der Waals surface area (Å²) < 4.78 is 2.08. The first kappa shape index (κ1) is 25.3. The maximum atomic E-state index is 13.0. The van der Waals surface area contributed by atoms with E-state index < -0.39 is 0 Å². The monoisotopic (exact) mass is 563 g/mol. The van der Waals surface area contributed by atoms with E-state index in [1.807, 2.05) is 31.0 Å². The molecule has 0 spiro atoms. The van der Waals surface area contributed by atoms with Crippen LogP contribution in [-0.2, 0) is 9.59 Å². The molecule has 42 heavy (non-hydrogen) atoms. The van der Waals surface area contributed by atoms with Crippen LogP contribution in [0.3, 0.4) is 0 Å². The lowest BCUT2D eigenvalue weighted by Crippen LogP contribution is -2.28. The minimum Gasteiger partial charge on any atom is -0.362 e. The van der Waals surface area contributed by atoms with Crippen molar-refractivity contribution in [3.63, 3.8) is 0 Å². The zero-order chi connectivity index (χ0) is 28.7. The largest absolute Gasteiger partial charge is 0.362 e. The quantitative estimate of drug-likeness (QED) is 0.324. The number of nitrogens with one attached hydrogen (secondary N) is 2. The second-order valence-corrected chi connectivity index (χ2v) is 12.4. The van der Waals surface area contributed by atoms with Crippen molar-refractivity contribution in [2.75, 3.05) is 22.1 Å². The number of anilines is 3. The number of piperidine rings is 1. The van der Waals surface area contributed by atoms with Crippen LogP contribution in [0.15, 0.2) is 36.8 Å². The molecule has 4 fully saturated rings.